The summed E-state index contributed by atoms with van der Waals surface area (Å²) < 4.78 is 12.7. The topological polar surface area (TPSA) is 136 Å². The molecule has 0 saturated carbocycles. The Hall–Kier alpha value is -4.50. The van der Waals surface area contributed by atoms with Crippen molar-refractivity contribution in [1.29, 1.82) is 0 Å². The van der Waals surface area contributed by atoms with E-state index in [4.69, 9.17) is 20.3 Å². The maximum absolute atomic E-state index is 12.9. The highest BCUT2D eigenvalue weighted by molar-refractivity contribution is 6.07. The van der Waals surface area contributed by atoms with Crippen LogP contribution in [0.4, 0.5) is 5.82 Å². The highest BCUT2D eigenvalue weighted by Crippen LogP contribution is 2.36. The molecule has 5 aromatic rings. The van der Waals surface area contributed by atoms with E-state index in [1.165, 1.54) is 10.7 Å². The molecule has 0 fully saturated rings. The van der Waals surface area contributed by atoms with Gasteiger partial charge in [-0.15, -0.1) is 0 Å². The van der Waals surface area contributed by atoms with E-state index in [0.717, 1.165) is 5.56 Å². The molecule has 0 aliphatic carbocycles. The third-order valence-electron chi connectivity index (χ3n) is 5.48. The summed E-state index contributed by atoms with van der Waals surface area (Å²) in [6.07, 6.45) is 0. The van der Waals surface area contributed by atoms with Crippen LogP contribution in [0.3, 0.4) is 0 Å². The van der Waals surface area contributed by atoms with Crippen molar-refractivity contribution in [2.45, 2.75) is 6.92 Å². The zero-order valence-electron chi connectivity index (χ0n) is 18.3. The third kappa shape index (κ3) is 3.67. The summed E-state index contributed by atoms with van der Waals surface area (Å²) in [6.45, 7) is 1.87. The lowest BCUT2D eigenvalue weighted by Gasteiger charge is -2.13. The number of hydrogen-bond donors (Lipinski definition) is 4. The molecule has 0 aliphatic rings. The van der Waals surface area contributed by atoms with E-state index in [9.17, 15) is 9.90 Å². The summed E-state index contributed by atoms with van der Waals surface area (Å²) in [7, 11) is 0. The van der Waals surface area contributed by atoms with Crippen molar-refractivity contribution < 1.29 is 19.7 Å². The number of phenolic OH excluding ortho intramolecular Hbond substituents is 1. The lowest BCUT2D eigenvalue weighted by Crippen LogP contribution is -2.09. The number of nitrogens with zero attached hydrogens (tertiary/aromatic N) is 2. The van der Waals surface area contributed by atoms with Crippen LogP contribution < -0.4 is 20.8 Å². The molecular weight excluding hydrogens is 436 g/mol. The summed E-state index contributed by atoms with van der Waals surface area (Å²) in [5.41, 5.74) is 8.17. The largest absolute Gasteiger partial charge is 0.504 e. The Morgan fingerprint density at radius 3 is 2.65 bits per heavy atom. The molecule has 0 spiro atoms. The molecule has 0 unspecified atom stereocenters. The van der Waals surface area contributed by atoms with E-state index in [1.54, 1.807) is 36.4 Å². The first-order valence-electron chi connectivity index (χ1n) is 10.6. The second-order valence-corrected chi connectivity index (χ2v) is 7.78. The quantitative estimate of drug-likeness (QED) is 0.305. The zero-order valence-corrected chi connectivity index (χ0v) is 18.3. The molecule has 5 N–H and O–H groups in total. The van der Waals surface area contributed by atoms with Gasteiger partial charge in [0.25, 0.3) is 5.56 Å². The van der Waals surface area contributed by atoms with Gasteiger partial charge in [0.1, 0.15) is 34.8 Å². The minimum atomic E-state index is -0.392. The molecule has 0 atom stereocenters. The van der Waals surface area contributed by atoms with E-state index >= 15 is 0 Å². The number of fused-ring (bicyclic) bond motifs is 3. The number of H-pyrrole nitrogens is 1. The number of nitrogen functional groups attached to an aromatic ring is 1. The normalized spacial score (nSPS) is 11.2. The summed E-state index contributed by atoms with van der Waals surface area (Å²) >= 11 is 0. The Morgan fingerprint density at radius 2 is 1.88 bits per heavy atom. The van der Waals surface area contributed by atoms with Crippen LogP contribution in [-0.4, -0.2) is 38.2 Å². The Kier molecular flexibility index (Phi) is 5.31. The number of aromatic nitrogens is 3. The Bertz CT molecular complexity index is 1570. The Morgan fingerprint density at radius 1 is 1.09 bits per heavy atom. The van der Waals surface area contributed by atoms with Crippen LogP contribution in [0, 0.1) is 6.92 Å². The fourth-order valence-corrected chi connectivity index (χ4v) is 3.88. The fraction of sp³-hybridized carbons (Fsp3) is 0.120. The van der Waals surface area contributed by atoms with Gasteiger partial charge in [-0.25, -0.2) is 4.68 Å². The third-order valence-corrected chi connectivity index (χ3v) is 5.48. The summed E-state index contributed by atoms with van der Waals surface area (Å²) in [5, 5.41) is 25.1. The number of hydrogen-bond acceptors (Lipinski definition) is 7. The standard InChI is InChI=1S/C25H22N4O5/c1-14-11-21(34-15-5-3-2-4-6-15)20(31)13-19(14)29-24(26)22-23(28-29)17-8-7-16(33-10-9-30)12-18(17)27-25(22)32/h2-8,11-13,30-31H,9-10,26H2,1H3,(H,27,32). The maximum atomic E-state index is 12.9. The number of ether oxygens (including phenoxy) is 2. The first-order valence-corrected chi connectivity index (χ1v) is 10.6. The van der Waals surface area contributed by atoms with Crippen molar-refractivity contribution in [2.75, 3.05) is 18.9 Å². The number of aromatic hydroxyl groups is 1. The number of aromatic amines is 1. The lowest BCUT2D eigenvalue weighted by molar-refractivity contribution is 0.201. The van der Waals surface area contributed by atoms with Crippen LogP contribution in [0.2, 0.25) is 0 Å². The predicted octanol–water partition coefficient (Wildman–Crippen LogP) is 3.63. The maximum Gasteiger partial charge on any atom is 0.261 e. The van der Waals surface area contributed by atoms with Gasteiger partial charge in [0.05, 0.1) is 17.8 Å². The first-order chi connectivity index (χ1) is 16.5. The molecule has 0 bridgehead atoms. The van der Waals surface area contributed by atoms with Crippen molar-refractivity contribution in [1.82, 2.24) is 14.8 Å². The van der Waals surface area contributed by atoms with Crippen LogP contribution in [0.1, 0.15) is 5.56 Å². The molecule has 2 aromatic heterocycles. The molecule has 3 aromatic carbocycles. The van der Waals surface area contributed by atoms with Crippen molar-refractivity contribution in [3.63, 3.8) is 0 Å². The minimum Gasteiger partial charge on any atom is -0.504 e. The second kappa shape index (κ2) is 8.45. The first kappa shape index (κ1) is 21.4. The van der Waals surface area contributed by atoms with E-state index in [1.807, 2.05) is 25.1 Å². The van der Waals surface area contributed by atoms with Crippen LogP contribution in [0.5, 0.6) is 23.0 Å². The Labute approximate surface area is 193 Å². The van der Waals surface area contributed by atoms with Gasteiger partial charge in [-0.1, -0.05) is 18.2 Å². The minimum absolute atomic E-state index is 0.0900. The molecule has 0 amide bonds. The van der Waals surface area contributed by atoms with Crippen molar-refractivity contribution in [3.8, 4) is 28.7 Å². The van der Waals surface area contributed by atoms with Gasteiger partial charge in [-0.2, -0.15) is 5.10 Å². The number of rotatable bonds is 6. The van der Waals surface area contributed by atoms with Crippen molar-refractivity contribution in [3.05, 3.63) is 76.6 Å². The van der Waals surface area contributed by atoms with Gasteiger partial charge >= 0.3 is 0 Å². The molecule has 0 saturated heterocycles. The van der Waals surface area contributed by atoms with Gasteiger partial charge in [-0.05, 0) is 42.8 Å². The van der Waals surface area contributed by atoms with Crippen molar-refractivity contribution in [2.24, 2.45) is 0 Å². The van der Waals surface area contributed by atoms with Crippen molar-refractivity contribution >= 4 is 27.6 Å². The van der Waals surface area contributed by atoms with Crippen LogP contribution in [-0.2, 0) is 0 Å². The van der Waals surface area contributed by atoms with E-state index in [2.05, 4.69) is 10.1 Å². The van der Waals surface area contributed by atoms with Crippen LogP contribution >= 0.6 is 0 Å². The Balaban J connectivity index is 1.62. The number of anilines is 1. The summed E-state index contributed by atoms with van der Waals surface area (Å²) in [6, 6.07) is 17.5. The number of pyridine rings is 1. The highest BCUT2D eigenvalue weighted by Gasteiger charge is 2.19. The number of aliphatic hydroxyl groups is 1. The predicted molar refractivity (Wildman–Crippen MR) is 129 cm³/mol. The molecular formula is C25H22N4O5. The van der Waals surface area contributed by atoms with Gasteiger partial charge in [0.15, 0.2) is 11.5 Å². The molecule has 9 nitrogen and oxygen atoms in total. The highest BCUT2D eigenvalue weighted by atomic mass is 16.5. The van der Waals surface area contributed by atoms with Crippen LogP contribution in [0.15, 0.2) is 65.5 Å². The molecule has 34 heavy (non-hydrogen) atoms. The summed E-state index contributed by atoms with van der Waals surface area (Å²) in [5.74, 6) is 1.46. The zero-order chi connectivity index (χ0) is 23.8. The average molecular weight is 458 g/mol. The number of nitrogens with one attached hydrogen (secondary N) is 1. The number of benzene rings is 3. The SMILES string of the molecule is Cc1cc(Oc2ccccc2)c(O)cc1-n1nc2c(c1N)c(=O)[nH]c1cc(OCCO)ccc12. The molecule has 9 heteroatoms. The van der Waals surface area contributed by atoms with E-state index < -0.39 is 5.56 Å². The number of aliphatic hydroxyl groups excluding tert-OH is 1. The molecule has 5 rings (SSSR count). The lowest BCUT2D eigenvalue weighted by atomic mass is 10.1. The van der Waals surface area contributed by atoms with E-state index in [-0.39, 0.29) is 30.2 Å². The van der Waals surface area contributed by atoms with Gasteiger partial charge in [-0.3, -0.25) is 4.79 Å². The average Bonchev–Trinajstić information content (AvgIpc) is 3.18. The monoisotopic (exact) mass is 458 g/mol. The molecule has 2 heterocycles. The number of phenols is 1. The number of aryl methyl sites for hydroxylation is 1. The van der Waals surface area contributed by atoms with Crippen LogP contribution in [0.25, 0.3) is 27.5 Å². The summed E-state index contributed by atoms with van der Waals surface area (Å²) in [4.78, 5) is 15.7. The smallest absolute Gasteiger partial charge is 0.261 e. The molecule has 0 aliphatic heterocycles. The molecule has 0 radical (unpaired) electrons. The van der Waals surface area contributed by atoms with Gasteiger partial charge in [0, 0.05) is 17.5 Å². The van der Waals surface area contributed by atoms with Gasteiger partial charge in [0.2, 0.25) is 0 Å². The fourth-order valence-electron chi connectivity index (χ4n) is 3.88. The number of para-hydroxylation sites is 1. The molecule has 172 valence electrons. The number of nitrogens with two attached hydrogens (primary N) is 1. The second-order valence-electron chi connectivity index (χ2n) is 7.78. The van der Waals surface area contributed by atoms with Gasteiger partial charge < -0.3 is 30.4 Å². The van der Waals surface area contributed by atoms with E-state index in [0.29, 0.717) is 39.4 Å².